The van der Waals surface area contributed by atoms with E-state index in [0.29, 0.717) is 0 Å². The number of rotatable bonds is 3. The molecule has 0 aliphatic heterocycles. The van der Waals surface area contributed by atoms with Gasteiger partial charge < -0.3 is 5.73 Å². The highest BCUT2D eigenvalue weighted by Crippen LogP contribution is 2.15. The summed E-state index contributed by atoms with van der Waals surface area (Å²) in [6.45, 7) is 3.66. The van der Waals surface area contributed by atoms with Crippen LogP contribution in [-0.2, 0) is 0 Å². The zero-order valence-electron chi connectivity index (χ0n) is 6.83. The molecule has 1 aromatic carbocycles. The van der Waals surface area contributed by atoms with E-state index in [1.165, 1.54) is 9.13 Å². The predicted octanol–water partition coefficient (Wildman–Crippen LogP) is 2.87. The molecule has 0 aliphatic rings. The molecule has 0 saturated carbocycles. The minimum Gasteiger partial charge on any atom is -0.324 e. The van der Waals surface area contributed by atoms with Gasteiger partial charge in [0.25, 0.3) is 0 Å². The van der Waals surface area contributed by atoms with Gasteiger partial charge in [0, 0.05) is 9.61 Å². The van der Waals surface area contributed by atoms with Crippen LogP contribution in [-0.4, -0.2) is 0 Å². The van der Waals surface area contributed by atoms with Gasteiger partial charge in [0.2, 0.25) is 0 Å². The van der Waals surface area contributed by atoms with Gasteiger partial charge in [-0.05, 0) is 46.7 Å². The normalized spacial score (nSPS) is 12.5. The standard InChI is InChI=1S/C10H12IN/c1-2-3-10(12)8-4-6-9(11)7-5-8/h2,4-7,10H,1,3,12H2/t10-/m1/s1. The van der Waals surface area contributed by atoms with Crippen LogP contribution in [0.5, 0.6) is 0 Å². The number of benzene rings is 1. The second-order valence-corrected chi connectivity index (χ2v) is 3.93. The quantitative estimate of drug-likeness (QED) is 0.665. The molecular weight excluding hydrogens is 261 g/mol. The topological polar surface area (TPSA) is 26.0 Å². The molecule has 12 heavy (non-hydrogen) atoms. The van der Waals surface area contributed by atoms with E-state index < -0.39 is 0 Å². The first-order valence-electron chi connectivity index (χ1n) is 3.86. The number of nitrogens with two attached hydrogens (primary N) is 1. The molecule has 0 heterocycles. The van der Waals surface area contributed by atoms with E-state index in [1.54, 1.807) is 0 Å². The molecule has 0 aliphatic carbocycles. The summed E-state index contributed by atoms with van der Waals surface area (Å²) in [4.78, 5) is 0. The van der Waals surface area contributed by atoms with Gasteiger partial charge in [-0.15, -0.1) is 6.58 Å². The van der Waals surface area contributed by atoms with Crippen LogP contribution in [0.4, 0.5) is 0 Å². The lowest BCUT2D eigenvalue weighted by Crippen LogP contribution is -2.08. The molecule has 2 N–H and O–H groups in total. The molecule has 0 saturated heterocycles. The molecule has 1 atom stereocenters. The molecule has 0 unspecified atom stereocenters. The first-order chi connectivity index (χ1) is 5.74. The fraction of sp³-hybridized carbons (Fsp3) is 0.200. The minimum absolute atomic E-state index is 0.0968. The van der Waals surface area contributed by atoms with E-state index in [-0.39, 0.29) is 6.04 Å². The Labute approximate surface area is 86.8 Å². The van der Waals surface area contributed by atoms with Gasteiger partial charge in [0.05, 0.1) is 0 Å². The number of hydrogen-bond donors (Lipinski definition) is 1. The molecule has 2 heteroatoms. The molecule has 64 valence electrons. The summed E-state index contributed by atoms with van der Waals surface area (Å²) in [6, 6.07) is 8.36. The summed E-state index contributed by atoms with van der Waals surface area (Å²) in [7, 11) is 0. The zero-order valence-corrected chi connectivity index (χ0v) is 8.99. The third kappa shape index (κ3) is 2.60. The zero-order chi connectivity index (χ0) is 8.97. The molecule has 0 bridgehead atoms. The van der Waals surface area contributed by atoms with E-state index in [9.17, 15) is 0 Å². The minimum atomic E-state index is 0.0968. The van der Waals surface area contributed by atoms with Gasteiger partial charge in [0.15, 0.2) is 0 Å². The van der Waals surface area contributed by atoms with E-state index in [4.69, 9.17) is 5.73 Å². The third-order valence-electron chi connectivity index (χ3n) is 1.72. The summed E-state index contributed by atoms with van der Waals surface area (Å²) in [5.41, 5.74) is 7.06. The Morgan fingerprint density at radius 1 is 1.42 bits per heavy atom. The molecule has 0 spiro atoms. The van der Waals surface area contributed by atoms with E-state index in [0.717, 1.165) is 6.42 Å². The Morgan fingerprint density at radius 3 is 2.50 bits per heavy atom. The Morgan fingerprint density at radius 2 is 2.00 bits per heavy atom. The second-order valence-electron chi connectivity index (χ2n) is 2.68. The fourth-order valence-electron chi connectivity index (χ4n) is 1.03. The first-order valence-corrected chi connectivity index (χ1v) is 4.94. The van der Waals surface area contributed by atoms with Gasteiger partial charge in [-0.2, -0.15) is 0 Å². The second kappa shape index (κ2) is 4.62. The van der Waals surface area contributed by atoms with E-state index in [1.807, 2.05) is 6.08 Å². The van der Waals surface area contributed by atoms with Gasteiger partial charge >= 0.3 is 0 Å². The Balaban J connectivity index is 2.74. The van der Waals surface area contributed by atoms with Gasteiger partial charge in [-0.1, -0.05) is 18.2 Å². The van der Waals surface area contributed by atoms with Crippen molar-refractivity contribution in [1.29, 1.82) is 0 Å². The van der Waals surface area contributed by atoms with Crippen LogP contribution in [0, 0.1) is 3.57 Å². The van der Waals surface area contributed by atoms with Crippen molar-refractivity contribution >= 4 is 22.6 Å². The highest BCUT2D eigenvalue weighted by atomic mass is 127. The van der Waals surface area contributed by atoms with Crippen LogP contribution in [0.15, 0.2) is 36.9 Å². The van der Waals surface area contributed by atoms with Crippen molar-refractivity contribution in [3.05, 3.63) is 46.1 Å². The van der Waals surface area contributed by atoms with Crippen LogP contribution in [0.2, 0.25) is 0 Å². The van der Waals surface area contributed by atoms with Crippen molar-refractivity contribution in [1.82, 2.24) is 0 Å². The molecule has 0 amide bonds. The Hall–Kier alpha value is -0.350. The maximum Gasteiger partial charge on any atom is 0.0329 e. The smallest absolute Gasteiger partial charge is 0.0329 e. The van der Waals surface area contributed by atoms with Gasteiger partial charge in [-0.25, -0.2) is 0 Å². The number of halogens is 1. The molecule has 1 aromatic rings. The van der Waals surface area contributed by atoms with Gasteiger partial charge in [-0.3, -0.25) is 0 Å². The Bertz CT molecular complexity index is 253. The summed E-state index contributed by atoms with van der Waals surface area (Å²) < 4.78 is 1.24. The summed E-state index contributed by atoms with van der Waals surface area (Å²) in [5, 5.41) is 0. The van der Waals surface area contributed by atoms with Crippen LogP contribution in [0.3, 0.4) is 0 Å². The SMILES string of the molecule is C=CC[C@@H](N)c1ccc(I)cc1. The lowest BCUT2D eigenvalue weighted by atomic mass is 10.1. The van der Waals surface area contributed by atoms with Crippen LogP contribution in [0.25, 0.3) is 0 Å². The Kier molecular flexibility index (Phi) is 3.75. The van der Waals surface area contributed by atoms with Crippen molar-refractivity contribution < 1.29 is 0 Å². The summed E-state index contributed by atoms with van der Waals surface area (Å²) in [6.07, 6.45) is 2.68. The molecule has 0 fully saturated rings. The van der Waals surface area contributed by atoms with E-state index in [2.05, 4.69) is 53.4 Å². The van der Waals surface area contributed by atoms with Crippen LogP contribution in [0.1, 0.15) is 18.0 Å². The molecule has 1 nitrogen and oxygen atoms in total. The van der Waals surface area contributed by atoms with Crippen LogP contribution < -0.4 is 5.73 Å². The molecule has 0 aromatic heterocycles. The van der Waals surface area contributed by atoms with Crippen molar-refractivity contribution in [2.75, 3.05) is 0 Å². The average molecular weight is 273 g/mol. The maximum absolute atomic E-state index is 5.88. The van der Waals surface area contributed by atoms with Crippen molar-refractivity contribution in [2.45, 2.75) is 12.5 Å². The fourth-order valence-corrected chi connectivity index (χ4v) is 1.39. The molecular formula is C10H12IN. The number of hydrogen-bond acceptors (Lipinski definition) is 1. The van der Waals surface area contributed by atoms with Gasteiger partial charge in [0.1, 0.15) is 0 Å². The maximum atomic E-state index is 5.88. The lowest BCUT2D eigenvalue weighted by molar-refractivity contribution is 0.741. The highest BCUT2D eigenvalue weighted by molar-refractivity contribution is 14.1. The lowest BCUT2D eigenvalue weighted by Gasteiger charge is -2.08. The average Bonchev–Trinajstić information content (AvgIpc) is 2.06. The summed E-state index contributed by atoms with van der Waals surface area (Å²) in [5.74, 6) is 0. The van der Waals surface area contributed by atoms with Crippen molar-refractivity contribution in [2.24, 2.45) is 5.73 Å². The highest BCUT2D eigenvalue weighted by Gasteiger charge is 2.01. The van der Waals surface area contributed by atoms with Crippen molar-refractivity contribution in [3.63, 3.8) is 0 Å². The monoisotopic (exact) mass is 273 g/mol. The summed E-state index contributed by atoms with van der Waals surface area (Å²) >= 11 is 2.28. The predicted molar refractivity (Wildman–Crippen MR) is 60.9 cm³/mol. The third-order valence-corrected chi connectivity index (χ3v) is 2.44. The first kappa shape index (κ1) is 9.74. The molecule has 1 rings (SSSR count). The van der Waals surface area contributed by atoms with Crippen molar-refractivity contribution in [3.8, 4) is 0 Å². The largest absolute Gasteiger partial charge is 0.324 e. The van der Waals surface area contributed by atoms with E-state index >= 15 is 0 Å². The molecule has 0 radical (unpaired) electrons. The van der Waals surface area contributed by atoms with Crippen LogP contribution >= 0.6 is 22.6 Å².